The SMILES string of the molecule is O=c1oc2cc(CC3CCCNC3)ccc2s1. The molecule has 1 N–H and O–H groups in total. The Hall–Kier alpha value is -1.13. The number of fused-ring (bicyclic) bond motifs is 1. The van der Waals surface area contributed by atoms with Crippen molar-refractivity contribution >= 4 is 21.6 Å². The lowest BCUT2D eigenvalue weighted by atomic mass is 9.92. The van der Waals surface area contributed by atoms with Gasteiger partial charge in [-0.05, 0) is 56.0 Å². The second-order valence-corrected chi connectivity index (χ2v) is 5.63. The number of hydrogen-bond acceptors (Lipinski definition) is 4. The molecule has 1 unspecified atom stereocenters. The van der Waals surface area contributed by atoms with E-state index in [-0.39, 0.29) is 4.94 Å². The molecule has 1 aliphatic rings. The Morgan fingerprint density at radius 2 is 2.41 bits per heavy atom. The van der Waals surface area contributed by atoms with Gasteiger partial charge in [0.2, 0.25) is 0 Å². The fraction of sp³-hybridized carbons (Fsp3) is 0.462. The fourth-order valence-electron chi connectivity index (χ4n) is 2.48. The summed E-state index contributed by atoms with van der Waals surface area (Å²) >= 11 is 1.17. The van der Waals surface area contributed by atoms with Crippen molar-refractivity contribution in [1.29, 1.82) is 0 Å². The molecule has 3 nitrogen and oxygen atoms in total. The summed E-state index contributed by atoms with van der Waals surface area (Å²) in [4.78, 5) is 10.9. The summed E-state index contributed by atoms with van der Waals surface area (Å²) in [6.45, 7) is 2.25. The zero-order valence-corrected chi connectivity index (χ0v) is 10.4. The summed E-state index contributed by atoms with van der Waals surface area (Å²) in [7, 11) is 0. The predicted octanol–water partition coefficient (Wildman–Crippen LogP) is 2.40. The average molecular weight is 249 g/mol. The van der Waals surface area contributed by atoms with Crippen molar-refractivity contribution in [2.24, 2.45) is 5.92 Å². The molecule has 0 spiro atoms. The fourth-order valence-corrected chi connectivity index (χ4v) is 3.12. The first-order valence-electron chi connectivity index (χ1n) is 6.04. The van der Waals surface area contributed by atoms with Crippen molar-refractivity contribution in [3.05, 3.63) is 33.5 Å². The lowest BCUT2D eigenvalue weighted by Crippen LogP contribution is -2.30. The first kappa shape index (κ1) is 11.0. The summed E-state index contributed by atoms with van der Waals surface area (Å²) in [5.74, 6) is 0.714. The average Bonchev–Trinajstić information content (AvgIpc) is 2.70. The molecule has 0 saturated carbocycles. The summed E-state index contributed by atoms with van der Waals surface area (Å²) < 4.78 is 6.09. The van der Waals surface area contributed by atoms with Gasteiger partial charge in [-0.3, -0.25) is 0 Å². The minimum atomic E-state index is -0.212. The van der Waals surface area contributed by atoms with E-state index in [0.717, 1.165) is 29.8 Å². The third-order valence-corrected chi connectivity index (χ3v) is 4.13. The Bertz CT molecular complexity index is 566. The van der Waals surface area contributed by atoms with Crippen LogP contribution in [-0.2, 0) is 6.42 Å². The van der Waals surface area contributed by atoms with Gasteiger partial charge in [0.05, 0.1) is 4.70 Å². The molecule has 1 aromatic heterocycles. The van der Waals surface area contributed by atoms with Crippen LogP contribution in [0.4, 0.5) is 0 Å². The molecule has 3 rings (SSSR count). The van der Waals surface area contributed by atoms with E-state index >= 15 is 0 Å². The first-order chi connectivity index (χ1) is 8.31. The van der Waals surface area contributed by atoms with Crippen molar-refractivity contribution in [1.82, 2.24) is 5.32 Å². The van der Waals surface area contributed by atoms with E-state index in [1.54, 1.807) is 0 Å². The quantitative estimate of drug-likeness (QED) is 0.888. The zero-order valence-electron chi connectivity index (χ0n) is 9.57. The molecule has 1 aliphatic heterocycles. The smallest absolute Gasteiger partial charge is 0.396 e. The van der Waals surface area contributed by atoms with Crippen LogP contribution in [0, 0.1) is 5.92 Å². The highest BCUT2D eigenvalue weighted by Gasteiger charge is 2.14. The number of nitrogens with one attached hydrogen (secondary N) is 1. The van der Waals surface area contributed by atoms with Crippen LogP contribution in [0.3, 0.4) is 0 Å². The second kappa shape index (κ2) is 4.63. The normalized spacial score (nSPS) is 20.8. The van der Waals surface area contributed by atoms with Crippen LogP contribution in [0.1, 0.15) is 18.4 Å². The van der Waals surface area contributed by atoms with E-state index in [2.05, 4.69) is 11.4 Å². The molecule has 0 bridgehead atoms. The molecule has 2 aromatic rings. The third kappa shape index (κ3) is 2.42. The maximum atomic E-state index is 11.1. The molecule has 1 fully saturated rings. The van der Waals surface area contributed by atoms with Crippen molar-refractivity contribution in [2.45, 2.75) is 19.3 Å². The molecule has 0 radical (unpaired) electrons. The molecule has 4 heteroatoms. The molecular weight excluding hydrogens is 234 g/mol. The van der Waals surface area contributed by atoms with E-state index < -0.39 is 0 Å². The zero-order chi connectivity index (χ0) is 11.7. The number of benzene rings is 1. The van der Waals surface area contributed by atoms with Gasteiger partial charge in [-0.15, -0.1) is 0 Å². The van der Waals surface area contributed by atoms with Gasteiger partial charge in [0.25, 0.3) is 0 Å². The van der Waals surface area contributed by atoms with Crippen LogP contribution in [0.25, 0.3) is 10.3 Å². The van der Waals surface area contributed by atoms with E-state index in [1.807, 2.05) is 12.1 Å². The van der Waals surface area contributed by atoms with Crippen LogP contribution >= 0.6 is 11.3 Å². The number of hydrogen-bond donors (Lipinski definition) is 1. The molecule has 1 atom stereocenters. The summed E-state index contributed by atoms with van der Waals surface area (Å²) in [6, 6.07) is 6.13. The summed E-state index contributed by atoms with van der Waals surface area (Å²) in [5, 5.41) is 3.42. The van der Waals surface area contributed by atoms with Crippen molar-refractivity contribution in [2.75, 3.05) is 13.1 Å². The monoisotopic (exact) mass is 249 g/mol. The van der Waals surface area contributed by atoms with E-state index in [9.17, 15) is 4.79 Å². The largest absolute Gasteiger partial charge is 0.414 e. The minimum Gasteiger partial charge on any atom is -0.414 e. The van der Waals surface area contributed by atoms with Crippen molar-refractivity contribution < 1.29 is 4.42 Å². The van der Waals surface area contributed by atoms with Crippen LogP contribution in [0.5, 0.6) is 0 Å². The van der Waals surface area contributed by atoms with Gasteiger partial charge in [0.1, 0.15) is 5.58 Å². The third-order valence-electron chi connectivity index (χ3n) is 3.32. The lowest BCUT2D eigenvalue weighted by Gasteiger charge is -2.22. The second-order valence-electron chi connectivity index (χ2n) is 4.65. The number of rotatable bonds is 2. The highest BCUT2D eigenvalue weighted by atomic mass is 32.1. The Kier molecular flexibility index (Phi) is 2.99. The molecule has 90 valence electrons. The van der Waals surface area contributed by atoms with Crippen molar-refractivity contribution in [3.8, 4) is 0 Å². The maximum Gasteiger partial charge on any atom is 0.396 e. The topological polar surface area (TPSA) is 42.2 Å². The molecular formula is C13H15NO2S. The van der Waals surface area contributed by atoms with Crippen LogP contribution in [0.15, 0.2) is 27.4 Å². The van der Waals surface area contributed by atoms with E-state index in [4.69, 9.17) is 4.42 Å². The standard InChI is InChI=1S/C13H15NO2S/c15-13-16-11-7-9(3-4-12(11)17-13)6-10-2-1-5-14-8-10/h3-4,7,10,14H,1-2,5-6,8H2. The van der Waals surface area contributed by atoms with Gasteiger partial charge < -0.3 is 9.73 Å². The first-order valence-corrected chi connectivity index (χ1v) is 6.86. The molecule has 17 heavy (non-hydrogen) atoms. The highest BCUT2D eigenvalue weighted by Crippen LogP contribution is 2.22. The van der Waals surface area contributed by atoms with Crippen LogP contribution in [0.2, 0.25) is 0 Å². The Morgan fingerprint density at radius 1 is 1.47 bits per heavy atom. The summed E-state index contributed by atoms with van der Waals surface area (Å²) in [5.41, 5.74) is 2.01. The molecule has 1 saturated heterocycles. The van der Waals surface area contributed by atoms with Crippen molar-refractivity contribution in [3.63, 3.8) is 0 Å². The highest BCUT2D eigenvalue weighted by molar-refractivity contribution is 7.16. The predicted molar refractivity (Wildman–Crippen MR) is 69.7 cm³/mol. The van der Waals surface area contributed by atoms with Gasteiger partial charge in [-0.1, -0.05) is 17.4 Å². The number of piperidine rings is 1. The Morgan fingerprint density at radius 3 is 3.24 bits per heavy atom. The van der Waals surface area contributed by atoms with Gasteiger partial charge in [0, 0.05) is 0 Å². The Balaban J connectivity index is 1.82. The molecule has 1 aromatic carbocycles. The van der Waals surface area contributed by atoms with E-state index in [1.165, 1.54) is 29.7 Å². The van der Waals surface area contributed by atoms with Crippen LogP contribution in [-0.4, -0.2) is 13.1 Å². The molecule has 0 aliphatic carbocycles. The molecule has 0 amide bonds. The Labute approximate surface area is 103 Å². The molecule has 2 heterocycles. The van der Waals surface area contributed by atoms with E-state index in [0.29, 0.717) is 5.92 Å². The minimum absolute atomic E-state index is 0.212. The maximum absolute atomic E-state index is 11.1. The summed E-state index contributed by atoms with van der Waals surface area (Å²) in [6.07, 6.45) is 3.63. The van der Waals surface area contributed by atoms with Gasteiger partial charge >= 0.3 is 4.94 Å². The van der Waals surface area contributed by atoms with Gasteiger partial charge in [-0.25, -0.2) is 4.79 Å². The van der Waals surface area contributed by atoms with Gasteiger partial charge in [0.15, 0.2) is 0 Å². The lowest BCUT2D eigenvalue weighted by molar-refractivity contribution is 0.376. The van der Waals surface area contributed by atoms with Crippen LogP contribution < -0.4 is 10.3 Å². The van der Waals surface area contributed by atoms with Gasteiger partial charge in [-0.2, -0.15) is 0 Å².